The van der Waals surface area contributed by atoms with Gasteiger partial charge in [-0.2, -0.15) is 0 Å². The standard InChI is InChI=1S/C22H23N3O3/c1-15-6-3-9-18-21(15)23-14-24(22(18)27)13-20(26)25-11-5-10-19(25)16-7-4-8-17(12-16)28-2/h3-4,6-9,12,14,19H,5,10-11,13H2,1-2H3. The molecule has 6 heteroatoms. The summed E-state index contributed by atoms with van der Waals surface area (Å²) in [5.41, 5.74) is 2.52. The first kappa shape index (κ1) is 18.2. The lowest BCUT2D eigenvalue weighted by Crippen LogP contribution is -2.36. The van der Waals surface area contributed by atoms with Gasteiger partial charge >= 0.3 is 0 Å². The van der Waals surface area contributed by atoms with Gasteiger partial charge in [0.2, 0.25) is 5.91 Å². The Hall–Kier alpha value is -3.15. The van der Waals surface area contributed by atoms with Gasteiger partial charge in [0.1, 0.15) is 12.3 Å². The summed E-state index contributed by atoms with van der Waals surface area (Å²) in [6.45, 7) is 2.61. The monoisotopic (exact) mass is 377 g/mol. The van der Waals surface area contributed by atoms with E-state index >= 15 is 0 Å². The lowest BCUT2D eigenvalue weighted by Gasteiger charge is -2.25. The molecule has 1 atom stereocenters. The van der Waals surface area contributed by atoms with Crippen molar-refractivity contribution in [3.8, 4) is 5.75 Å². The molecule has 4 rings (SSSR count). The molecule has 144 valence electrons. The lowest BCUT2D eigenvalue weighted by molar-refractivity contribution is -0.132. The van der Waals surface area contributed by atoms with Crippen molar-refractivity contribution in [3.63, 3.8) is 0 Å². The maximum Gasteiger partial charge on any atom is 0.261 e. The number of benzene rings is 2. The van der Waals surface area contributed by atoms with Gasteiger partial charge in [0.15, 0.2) is 0 Å². The number of rotatable bonds is 4. The number of hydrogen-bond donors (Lipinski definition) is 0. The number of para-hydroxylation sites is 1. The van der Waals surface area contributed by atoms with Crippen LogP contribution < -0.4 is 10.3 Å². The number of methoxy groups -OCH3 is 1. The molecule has 1 unspecified atom stereocenters. The van der Waals surface area contributed by atoms with Crippen molar-refractivity contribution in [3.05, 3.63) is 70.3 Å². The zero-order valence-corrected chi connectivity index (χ0v) is 16.1. The first-order valence-corrected chi connectivity index (χ1v) is 9.46. The molecule has 1 aliphatic rings. The summed E-state index contributed by atoms with van der Waals surface area (Å²) in [5, 5.41) is 0.543. The van der Waals surface area contributed by atoms with Crippen LogP contribution in [0, 0.1) is 6.92 Å². The first-order valence-electron chi connectivity index (χ1n) is 9.46. The number of aryl methyl sites for hydroxylation is 1. The number of amides is 1. The highest BCUT2D eigenvalue weighted by atomic mass is 16.5. The molecule has 1 aromatic heterocycles. The molecule has 0 N–H and O–H groups in total. The van der Waals surface area contributed by atoms with E-state index in [9.17, 15) is 9.59 Å². The van der Waals surface area contributed by atoms with Crippen molar-refractivity contribution in [2.45, 2.75) is 32.4 Å². The van der Waals surface area contributed by atoms with Gasteiger partial charge in [0, 0.05) is 6.54 Å². The van der Waals surface area contributed by atoms with Crippen molar-refractivity contribution >= 4 is 16.8 Å². The van der Waals surface area contributed by atoms with Crippen LogP contribution in [0.1, 0.15) is 30.0 Å². The van der Waals surface area contributed by atoms with E-state index in [0.29, 0.717) is 17.4 Å². The van der Waals surface area contributed by atoms with Crippen LogP contribution in [-0.2, 0) is 11.3 Å². The van der Waals surface area contributed by atoms with E-state index in [0.717, 1.165) is 29.7 Å². The number of nitrogens with zero attached hydrogens (tertiary/aromatic N) is 3. The van der Waals surface area contributed by atoms with Crippen LogP contribution in [0.4, 0.5) is 0 Å². The molecule has 1 amide bonds. The Morgan fingerprint density at radius 2 is 2.07 bits per heavy atom. The molecule has 0 saturated carbocycles. The largest absolute Gasteiger partial charge is 0.497 e. The van der Waals surface area contributed by atoms with Crippen LogP contribution in [0.5, 0.6) is 5.75 Å². The molecule has 28 heavy (non-hydrogen) atoms. The van der Waals surface area contributed by atoms with Crippen molar-refractivity contribution in [1.29, 1.82) is 0 Å². The Morgan fingerprint density at radius 1 is 1.25 bits per heavy atom. The Morgan fingerprint density at radius 3 is 2.89 bits per heavy atom. The Balaban J connectivity index is 1.60. The predicted octanol–water partition coefficient (Wildman–Crippen LogP) is 3.08. The smallest absolute Gasteiger partial charge is 0.261 e. The van der Waals surface area contributed by atoms with Gasteiger partial charge in [-0.1, -0.05) is 24.3 Å². The molecule has 1 fully saturated rings. The highest BCUT2D eigenvalue weighted by Gasteiger charge is 2.30. The molecule has 6 nitrogen and oxygen atoms in total. The molecular formula is C22H23N3O3. The summed E-state index contributed by atoms with van der Waals surface area (Å²) in [7, 11) is 1.64. The van der Waals surface area contributed by atoms with E-state index in [4.69, 9.17) is 4.74 Å². The lowest BCUT2D eigenvalue weighted by atomic mass is 10.0. The van der Waals surface area contributed by atoms with Crippen molar-refractivity contribution in [1.82, 2.24) is 14.5 Å². The van der Waals surface area contributed by atoms with Crippen LogP contribution >= 0.6 is 0 Å². The third-order valence-corrected chi connectivity index (χ3v) is 5.41. The van der Waals surface area contributed by atoms with Crippen molar-refractivity contribution in [2.75, 3.05) is 13.7 Å². The molecule has 0 spiro atoms. The summed E-state index contributed by atoms with van der Waals surface area (Å²) < 4.78 is 6.72. The molecular weight excluding hydrogens is 354 g/mol. The summed E-state index contributed by atoms with van der Waals surface area (Å²) >= 11 is 0. The van der Waals surface area contributed by atoms with Crippen LogP contribution in [0.15, 0.2) is 53.6 Å². The second kappa shape index (κ2) is 7.46. The van der Waals surface area contributed by atoms with Gasteiger partial charge in [0.05, 0.1) is 30.4 Å². The van der Waals surface area contributed by atoms with Crippen LogP contribution in [0.2, 0.25) is 0 Å². The number of likely N-dealkylation sites (tertiary alicyclic amines) is 1. The van der Waals surface area contributed by atoms with Crippen molar-refractivity contribution in [2.24, 2.45) is 0 Å². The molecule has 1 saturated heterocycles. The quantitative estimate of drug-likeness (QED) is 0.701. The number of carbonyl (C=O) groups is 1. The molecule has 0 radical (unpaired) electrons. The van der Waals surface area contributed by atoms with Crippen LogP contribution in [-0.4, -0.2) is 34.0 Å². The van der Waals surface area contributed by atoms with Crippen LogP contribution in [0.25, 0.3) is 10.9 Å². The third-order valence-electron chi connectivity index (χ3n) is 5.41. The highest BCUT2D eigenvalue weighted by Crippen LogP contribution is 2.33. The first-order chi connectivity index (χ1) is 13.6. The zero-order valence-electron chi connectivity index (χ0n) is 16.1. The van der Waals surface area contributed by atoms with E-state index in [2.05, 4.69) is 4.98 Å². The second-order valence-electron chi connectivity index (χ2n) is 7.17. The average molecular weight is 377 g/mol. The second-order valence-corrected chi connectivity index (χ2v) is 7.17. The number of aromatic nitrogens is 2. The van der Waals surface area contributed by atoms with E-state index in [1.165, 1.54) is 10.9 Å². The molecule has 0 aliphatic carbocycles. The zero-order chi connectivity index (χ0) is 19.7. The molecule has 2 heterocycles. The molecule has 1 aliphatic heterocycles. The van der Waals surface area contributed by atoms with Crippen LogP contribution in [0.3, 0.4) is 0 Å². The number of hydrogen-bond acceptors (Lipinski definition) is 4. The summed E-state index contributed by atoms with van der Waals surface area (Å²) in [4.78, 5) is 32.1. The summed E-state index contributed by atoms with van der Waals surface area (Å²) in [6.07, 6.45) is 3.33. The van der Waals surface area contributed by atoms with Gasteiger partial charge in [-0.05, 0) is 49.1 Å². The minimum absolute atomic E-state index is 0.00379. The minimum Gasteiger partial charge on any atom is -0.497 e. The fourth-order valence-corrected chi connectivity index (χ4v) is 3.95. The average Bonchev–Trinajstić information content (AvgIpc) is 3.21. The van der Waals surface area contributed by atoms with Gasteiger partial charge in [-0.25, -0.2) is 4.98 Å². The van der Waals surface area contributed by atoms with E-state index in [-0.39, 0.29) is 24.1 Å². The van der Waals surface area contributed by atoms with Gasteiger partial charge in [-0.15, -0.1) is 0 Å². The number of fused-ring (bicyclic) bond motifs is 1. The maximum atomic E-state index is 13.0. The fourth-order valence-electron chi connectivity index (χ4n) is 3.95. The molecule has 2 aromatic carbocycles. The molecule has 0 bridgehead atoms. The topological polar surface area (TPSA) is 64.4 Å². The Labute approximate surface area is 163 Å². The van der Waals surface area contributed by atoms with Gasteiger partial charge in [-0.3, -0.25) is 14.2 Å². The Bertz CT molecular complexity index is 1090. The highest BCUT2D eigenvalue weighted by molar-refractivity contribution is 5.81. The Kier molecular flexibility index (Phi) is 4.86. The van der Waals surface area contributed by atoms with E-state index in [1.54, 1.807) is 13.2 Å². The fraction of sp³-hybridized carbons (Fsp3) is 0.318. The summed E-state index contributed by atoms with van der Waals surface area (Å²) in [5.74, 6) is 0.711. The third kappa shape index (κ3) is 3.26. The SMILES string of the molecule is COc1cccc(C2CCCN2C(=O)Cn2cnc3c(C)cccc3c2=O)c1. The number of ether oxygens (including phenoxy) is 1. The number of carbonyl (C=O) groups excluding carboxylic acids is 1. The van der Waals surface area contributed by atoms with Gasteiger partial charge in [0.25, 0.3) is 5.56 Å². The van der Waals surface area contributed by atoms with E-state index in [1.807, 2.05) is 48.2 Å². The normalized spacial score (nSPS) is 16.5. The molecule has 3 aromatic rings. The maximum absolute atomic E-state index is 13.0. The van der Waals surface area contributed by atoms with Gasteiger partial charge < -0.3 is 9.64 Å². The van der Waals surface area contributed by atoms with E-state index < -0.39 is 0 Å². The minimum atomic E-state index is -0.181. The predicted molar refractivity (Wildman–Crippen MR) is 107 cm³/mol. The van der Waals surface area contributed by atoms with Crippen molar-refractivity contribution < 1.29 is 9.53 Å². The summed E-state index contributed by atoms with van der Waals surface area (Å²) in [6, 6.07) is 13.4.